The number of nitrogens with zero attached hydrogens (tertiary/aromatic N) is 4. The van der Waals surface area contributed by atoms with Crippen LogP contribution in [-0.4, -0.2) is 44.8 Å². The molecule has 234 valence electrons. The van der Waals surface area contributed by atoms with Gasteiger partial charge in [0.15, 0.2) is 23.6 Å². The van der Waals surface area contributed by atoms with E-state index in [0.717, 1.165) is 28.4 Å². The fourth-order valence-corrected chi connectivity index (χ4v) is 4.54. The highest BCUT2D eigenvalue weighted by Gasteiger charge is 2.26. The third kappa shape index (κ3) is 6.70. The Morgan fingerprint density at radius 3 is 2.38 bits per heavy atom. The Labute approximate surface area is 252 Å². The first-order chi connectivity index (χ1) is 21.7. The first kappa shape index (κ1) is 31.3. The minimum atomic E-state index is -3.25. The Morgan fingerprint density at radius 1 is 1.00 bits per heavy atom. The zero-order valence-electron chi connectivity index (χ0n) is 23.6. The maximum atomic E-state index is 14.7. The molecule has 0 amide bonds. The lowest BCUT2D eigenvalue weighted by molar-refractivity contribution is -0.000433. The summed E-state index contributed by atoms with van der Waals surface area (Å²) in [6.07, 6.45) is -4.04. The molecule has 0 aliphatic rings. The number of aromatic nitrogens is 4. The zero-order valence-corrected chi connectivity index (χ0v) is 23.6. The van der Waals surface area contributed by atoms with Gasteiger partial charge in [0.05, 0.1) is 17.7 Å². The highest BCUT2D eigenvalue weighted by molar-refractivity contribution is 5.94. The summed E-state index contributed by atoms with van der Waals surface area (Å²) in [5.41, 5.74) is 0.0882. The Morgan fingerprint density at radius 2 is 1.73 bits per heavy atom. The molecule has 3 aromatic carbocycles. The molecule has 14 heteroatoms. The maximum Gasteiger partial charge on any atom is 0.350 e. The van der Waals surface area contributed by atoms with Crippen LogP contribution in [0.5, 0.6) is 17.4 Å². The lowest BCUT2D eigenvalue weighted by Gasteiger charge is -2.19. The molecule has 0 radical (unpaired) electrons. The van der Waals surface area contributed by atoms with Crippen molar-refractivity contribution in [2.24, 2.45) is 0 Å². The summed E-state index contributed by atoms with van der Waals surface area (Å²) in [4.78, 5) is 28.3. The van der Waals surface area contributed by atoms with Crippen LogP contribution in [0.15, 0.2) is 71.7 Å². The lowest BCUT2D eigenvalue weighted by atomic mass is 10.1. The molecular weight excluding hydrogens is 603 g/mol. The van der Waals surface area contributed by atoms with E-state index in [1.807, 2.05) is 30.3 Å². The Bertz CT molecular complexity index is 1860. The number of hydrogen-bond acceptors (Lipinski definition) is 7. The summed E-state index contributed by atoms with van der Waals surface area (Å²) in [5, 5.41) is 4.41. The second-order valence-electron chi connectivity index (χ2n) is 9.67. The van der Waals surface area contributed by atoms with Gasteiger partial charge < -0.3 is 14.2 Å². The number of ether oxygens (including phenoxy) is 3. The van der Waals surface area contributed by atoms with Gasteiger partial charge in [-0.15, -0.1) is 5.10 Å². The molecule has 1 unspecified atom stereocenters. The van der Waals surface area contributed by atoms with Crippen molar-refractivity contribution in [2.75, 3.05) is 6.67 Å². The van der Waals surface area contributed by atoms with Crippen molar-refractivity contribution >= 4 is 17.1 Å². The highest BCUT2D eigenvalue weighted by Crippen LogP contribution is 2.39. The molecule has 5 rings (SSSR count). The van der Waals surface area contributed by atoms with Crippen LogP contribution in [0.25, 0.3) is 16.5 Å². The van der Waals surface area contributed by atoms with Crippen LogP contribution in [0.1, 0.15) is 28.7 Å². The average Bonchev–Trinajstić information content (AvgIpc) is 3.36. The van der Waals surface area contributed by atoms with Gasteiger partial charge in [-0.2, -0.15) is 4.68 Å². The minimum Gasteiger partial charge on any atom is -0.481 e. The van der Waals surface area contributed by atoms with Gasteiger partial charge in [-0.3, -0.25) is 9.36 Å². The number of benzene rings is 3. The van der Waals surface area contributed by atoms with E-state index < -0.39 is 53.9 Å². The summed E-state index contributed by atoms with van der Waals surface area (Å²) in [7, 11) is 0. The van der Waals surface area contributed by atoms with Crippen molar-refractivity contribution < 1.29 is 41.0 Å². The Kier molecular flexibility index (Phi) is 9.52. The third-order valence-corrected chi connectivity index (χ3v) is 6.69. The predicted octanol–water partition coefficient (Wildman–Crippen LogP) is 6.18. The topological polar surface area (TPSA) is 97.5 Å². The third-order valence-electron chi connectivity index (χ3n) is 6.69. The molecule has 0 spiro atoms. The van der Waals surface area contributed by atoms with Crippen molar-refractivity contribution in [1.29, 1.82) is 0 Å². The first-order valence-electron chi connectivity index (χ1n) is 13.6. The molecule has 2 aromatic heterocycles. The molecule has 45 heavy (non-hydrogen) atoms. The second kappa shape index (κ2) is 13.7. The summed E-state index contributed by atoms with van der Waals surface area (Å²) in [5.74, 6) is -4.01. The molecule has 1 atom stereocenters. The largest absolute Gasteiger partial charge is 0.481 e. The van der Waals surface area contributed by atoms with Gasteiger partial charge in [-0.1, -0.05) is 30.3 Å². The second-order valence-corrected chi connectivity index (χ2v) is 9.67. The molecule has 0 bridgehead atoms. The van der Waals surface area contributed by atoms with E-state index in [9.17, 15) is 31.5 Å². The van der Waals surface area contributed by atoms with Crippen LogP contribution < -0.4 is 15.2 Å². The number of halogens is 5. The molecular formula is C31H25F5N4O5. The highest BCUT2D eigenvalue weighted by atomic mass is 19.3. The molecule has 0 N–H and O–H groups in total. The summed E-state index contributed by atoms with van der Waals surface area (Å²) in [6, 6.07) is 14.8. The van der Waals surface area contributed by atoms with E-state index >= 15 is 0 Å². The van der Waals surface area contributed by atoms with Crippen molar-refractivity contribution in [1.82, 2.24) is 19.3 Å². The number of hydrogen-bond donors (Lipinski definition) is 0. The number of pyridine rings is 1. The van der Waals surface area contributed by atoms with Gasteiger partial charge in [-0.25, -0.2) is 31.7 Å². The fourth-order valence-electron chi connectivity index (χ4n) is 4.54. The quantitative estimate of drug-likeness (QED) is 0.113. The Balaban J connectivity index is 1.59. The SMILES string of the molecule is CCn1c(COCc2ccccc2)nn(-c2cc(OC(CF)C(F)F)c3c(Oc4c(F)cc(C=O)cc4F)nccc3c2)c1=O. The number of carbonyl (C=O) groups excluding carboxylic acids is 1. The lowest BCUT2D eigenvalue weighted by Crippen LogP contribution is -2.28. The maximum absolute atomic E-state index is 14.7. The smallest absolute Gasteiger partial charge is 0.350 e. The van der Waals surface area contributed by atoms with Crippen LogP contribution in [0, 0.1) is 11.6 Å². The molecule has 0 fully saturated rings. The van der Waals surface area contributed by atoms with E-state index in [1.165, 1.54) is 22.9 Å². The molecule has 2 heterocycles. The van der Waals surface area contributed by atoms with Gasteiger partial charge in [-0.05, 0) is 42.1 Å². The zero-order chi connectivity index (χ0) is 32.1. The minimum absolute atomic E-state index is 0.0286. The van der Waals surface area contributed by atoms with E-state index in [0.29, 0.717) is 0 Å². The normalized spacial score (nSPS) is 12.1. The van der Waals surface area contributed by atoms with Gasteiger partial charge in [0.1, 0.15) is 25.3 Å². The Hall–Kier alpha value is -5.11. The number of rotatable bonds is 13. The first-order valence-corrected chi connectivity index (χ1v) is 13.6. The van der Waals surface area contributed by atoms with E-state index in [-0.39, 0.29) is 53.9 Å². The molecule has 5 aromatic rings. The average molecular weight is 629 g/mol. The number of fused-ring (bicyclic) bond motifs is 1. The molecule has 9 nitrogen and oxygen atoms in total. The van der Waals surface area contributed by atoms with Crippen LogP contribution in [0.4, 0.5) is 22.0 Å². The van der Waals surface area contributed by atoms with Crippen molar-refractivity contribution in [3.05, 3.63) is 106 Å². The van der Waals surface area contributed by atoms with E-state index in [2.05, 4.69) is 10.1 Å². The van der Waals surface area contributed by atoms with Crippen molar-refractivity contribution in [2.45, 2.75) is 39.2 Å². The molecule has 0 saturated heterocycles. The van der Waals surface area contributed by atoms with Crippen LogP contribution in [0.3, 0.4) is 0 Å². The number of alkyl halides is 3. The standard InChI is InChI=1S/C31H25F5N4O5/c1-2-39-26(17-43-16-18-6-4-3-5-7-18)38-40(31(39)42)21-12-20-8-9-37-30(27(20)24(13-21)44-25(14-32)29(35)36)45-28-22(33)10-19(15-41)11-23(28)34/h3-13,15,25,29H,2,14,16-17H2,1H3. The fraction of sp³-hybridized carbons (Fsp3) is 0.226. The molecule has 0 aliphatic heterocycles. The monoisotopic (exact) mass is 628 g/mol. The van der Waals surface area contributed by atoms with Gasteiger partial charge >= 0.3 is 5.69 Å². The van der Waals surface area contributed by atoms with Crippen LogP contribution in [0.2, 0.25) is 0 Å². The predicted molar refractivity (Wildman–Crippen MR) is 152 cm³/mol. The van der Waals surface area contributed by atoms with E-state index in [1.54, 1.807) is 6.92 Å². The van der Waals surface area contributed by atoms with Gasteiger partial charge in [0.2, 0.25) is 11.6 Å². The van der Waals surface area contributed by atoms with E-state index in [4.69, 9.17) is 14.2 Å². The van der Waals surface area contributed by atoms with Crippen LogP contribution >= 0.6 is 0 Å². The van der Waals surface area contributed by atoms with Crippen LogP contribution in [-0.2, 0) is 24.5 Å². The summed E-state index contributed by atoms with van der Waals surface area (Å²) >= 11 is 0. The van der Waals surface area contributed by atoms with Crippen molar-refractivity contribution in [3.8, 4) is 23.1 Å². The number of carbonyl (C=O) groups is 1. The number of aldehydes is 1. The van der Waals surface area contributed by atoms with Crippen molar-refractivity contribution in [3.63, 3.8) is 0 Å². The van der Waals surface area contributed by atoms with Gasteiger partial charge in [0, 0.05) is 24.4 Å². The summed E-state index contributed by atoms with van der Waals surface area (Å²) in [6.45, 7) is 0.610. The molecule has 0 saturated carbocycles. The van der Waals surface area contributed by atoms with Gasteiger partial charge in [0.25, 0.3) is 6.43 Å². The molecule has 0 aliphatic carbocycles. The summed E-state index contributed by atoms with van der Waals surface area (Å²) < 4.78 is 89.0.